The van der Waals surface area contributed by atoms with Crippen LogP contribution >= 0.6 is 0 Å². The van der Waals surface area contributed by atoms with Gasteiger partial charge in [-0.1, -0.05) is 42.5 Å². The molecule has 25 heavy (non-hydrogen) atoms. The van der Waals surface area contributed by atoms with Crippen molar-refractivity contribution in [3.63, 3.8) is 0 Å². The standard InChI is InChI=1S/C17H22N2O5S/c1-25(22,23)19-14-10-6-3-7-11-16(20)18-15(12-24-17(14)21)13-8-4-2-5-9-13/h2-6,8-9,14-15,19H,7,10-12H2,1H3,(H,18,20)/t14-,15+/m1/s1. The molecule has 1 amide bonds. The summed E-state index contributed by atoms with van der Waals surface area (Å²) in [6.45, 7) is -0.0692. The third-order valence-corrected chi connectivity index (χ3v) is 4.36. The highest BCUT2D eigenvalue weighted by Crippen LogP contribution is 2.15. The van der Waals surface area contributed by atoms with Crippen molar-refractivity contribution >= 4 is 21.9 Å². The summed E-state index contributed by atoms with van der Waals surface area (Å²) in [6.07, 6.45) is 5.40. The van der Waals surface area contributed by atoms with E-state index in [1.807, 2.05) is 30.3 Å². The van der Waals surface area contributed by atoms with Crippen LogP contribution in [-0.4, -0.2) is 39.2 Å². The van der Waals surface area contributed by atoms with Crippen LogP contribution in [0.1, 0.15) is 30.9 Å². The second-order valence-corrected chi connectivity index (χ2v) is 7.63. The number of allylic oxidation sites excluding steroid dienone is 1. The number of carbonyl (C=O) groups excluding carboxylic acids is 2. The van der Waals surface area contributed by atoms with Crippen LogP contribution in [0.4, 0.5) is 0 Å². The van der Waals surface area contributed by atoms with Crippen molar-refractivity contribution in [1.82, 2.24) is 10.0 Å². The van der Waals surface area contributed by atoms with Gasteiger partial charge in [0.05, 0.1) is 12.3 Å². The topological polar surface area (TPSA) is 102 Å². The van der Waals surface area contributed by atoms with E-state index in [1.54, 1.807) is 12.2 Å². The fourth-order valence-electron chi connectivity index (χ4n) is 2.45. The molecule has 0 saturated heterocycles. The number of hydrogen-bond acceptors (Lipinski definition) is 5. The van der Waals surface area contributed by atoms with Crippen molar-refractivity contribution < 1.29 is 22.7 Å². The Kier molecular flexibility index (Phi) is 6.72. The molecule has 1 heterocycles. The van der Waals surface area contributed by atoms with Crippen molar-refractivity contribution in [3.8, 4) is 0 Å². The monoisotopic (exact) mass is 366 g/mol. The molecule has 7 nitrogen and oxygen atoms in total. The van der Waals surface area contributed by atoms with Crippen LogP contribution < -0.4 is 10.0 Å². The zero-order valence-electron chi connectivity index (χ0n) is 14.0. The quantitative estimate of drug-likeness (QED) is 0.615. The number of ether oxygens (including phenoxy) is 1. The first kappa shape index (κ1) is 19.1. The van der Waals surface area contributed by atoms with Crippen molar-refractivity contribution in [2.45, 2.75) is 31.3 Å². The number of hydrogen-bond donors (Lipinski definition) is 2. The van der Waals surface area contributed by atoms with Crippen LogP contribution in [-0.2, 0) is 24.3 Å². The van der Waals surface area contributed by atoms with E-state index in [4.69, 9.17) is 4.74 Å². The van der Waals surface area contributed by atoms with Gasteiger partial charge in [0, 0.05) is 6.42 Å². The highest BCUT2D eigenvalue weighted by atomic mass is 32.2. The molecule has 1 aliphatic rings. The van der Waals surface area contributed by atoms with Gasteiger partial charge in [-0.15, -0.1) is 0 Å². The first-order chi connectivity index (χ1) is 11.8. The van der Waals surface area contributed by atoms with Gasteiger partial charge < -0.3 is 10.1 Å². The van der Waals surface area contributed by atoms with Crippen molar-refractivity contribution in [1.29, 1.82) is 0 Å². The summed E-state index contributed by atoms with van der Waals surface area (Å²) in [5.41, 5.74) is 0.809. The summed E-state index contributed by atoms with van der Waals surface area (Å²) in [5, 5.41) is 2.85. The predicted molar refractivity (Wildman–Crippen MR) is 93.0 cm³/mol. The van der Waals surface area contributed by atoms with Crippen molar-refractivity contribution in [2.24, 2.45) is 0 Å². The first-order valence-electron chi connectivity index (χ1n) is 7.98. The zero-order chi connectivity index (χ0) is 18.3. The number of carbonyl (C=O) groups is 2. The van der Waals surface area contributed by atoms with E-state index in [1.165, 1.54) is 0 Å². The molecule has 1 aromatic rings. The Bertz CT molecular complexity index is 731. The third kappa shape index (κ3) is 6.67. The maximum atomic E-state index is 12.3. The Morgan fingerprint density at radius 2 is 1.88 bits per heavy atom. The van der Waals surface area contributed by atoms with Gasteiger partial charge in [0.25, 0.3) is 0 Å². The van der Waals surface area contributed by atoms with Gasteiger partial charge >= 0.3 is 5.97 Å². The summed E-state index contributed by atoms with van der Waals surface area (Å²) >= 11 is 0. The highest BCUT2D eigenvalue weighted by molar-refractivity contribution is 7.88. The molecule has 2 rings (SSSR count). The molecule has 2 N–H and O–H groups in total. The Labute approximate surface area is 147 Å². The maximum absolute atomic E-state index is 12.3. The molecule has 2 atom stereocenters. The van der Waals surface area contributed by atoms with Crippen LogP contribution in [0.2, 0.25) is 0 Å². The van der Waals surface area contributed by atoms with Crippen LogP contribution in [0.5, 0.6) is 0 Å². The molecular weight excluding hydrogens is 344 g/mol. The molecule has 0 unspecified atom stereocenters. The number of esters is 1. The molecule has 136 valence electrons. The lowest BCUT2D eigenvalue weighted by Gasteiger charge is -2.22. The zero-order valence-corrected chi connectivity index (χ0v) is 14.8. The molecule has 1 aromatic carbocycles. The molecule has 0 radical (unpaired) electrons. The second-order valence-electron chi connectivity index (χ2n) is 5.85. The van der Waals surface area contributed by atoms with Crippen molar-refractivity contribution in [2.75, 3.05) is 12.9 Å². The van der Waals surface area contributed by atoms with E-state index >= 15 is 0 Å². The van der Waals surface area contributed by atoms with Gasteiger partial charge in [-0.3, -0.25) is 9.59 Å². The van der Waals surface area contributed by atoms with Gasteiger partial charge in [0.2, 0.25) is 15.9 Å². The van der Waals surface area contributed by atoms with E-state index in [0.717, 1.165) is 11.8 Å². The normalized spacial score (nSPS) is 23.1. The SMILES string of the molecule is CS(=O)(=O)N[C@@H]1CC=CCCC(=O)N[C@H](c2ccccc2)COC1=O. The van der Waals surface area contributed by atoms with Crippen LogP contribution in [0.25, 0.3) is 0 Å². The minimum absolute atomic E-state index is 0.0692. The Balaban J connectivity index is 2.18. The smallest absolute Gasteiger partial charge is 0.324 e. The molecule has 0 aromatic heterocycles. The van der Waals surface area contributed by atoms with Crippen LogP contribution in [0.3, 0.4) is 0 Å². The Morgan fingerprint density at radius 1 is 1.16 bits per heavy atom. The van der Waals surface area contributed by atoms with E-state index in [9.17, 15) is 18.0 Å². The molecule has 0 saturated carbocycles. The minimum atomic E-state index is -3.55. The van der Waals surface area contributed by atoms with Gasteiger partial charge in [0.1, 0.15) is 12.6 Å². The summed E-state index contributed by atoms with van der Waals surface area (Å²) in [7, 11) is -3.55. The van der Waals surface area contributed by atoms with Gasteiger partial charge in [-0.05, 0) is 18.4 Å². The molecule has 0 bridgehead atoms. The van der Waals surface area contributed by atoms with Gasteiger partial charge in [-0.2, -0.15) is 0 Å². The summed E-state index contributed by atoms with van der Waals surface area (Å²) < 4.78 is 30.5. The van der Waals surface area contributed by atoms with Crippen molar-refractivity contribution in [3.05, 3.63) is 48.0 Å². The molecular formula is C17H22N2O5S. The number of amides is 1. The fourth-order valence-corrected chi connectivity index (χ4v) is 3.16. The molecule has 1 aliphatic heterocycles. The van der Waals surface area contributed by atoms with E-state index < -0.39 is 28.1 Å². The summed E-state index contributed by atoms with van der Waals surface area (Å²) in [6, 6.07) is 7.70. The molecule has 0 spiro atoms. The molecule has 0 fully saturated rings. The van der Waals surface area contributed by atoms with Crippen LogP contribution in [0, 0.1) is 0 Å². The van der Waals surface area contributed by atoms with Gasteiger partial charge in [-0.25, -0.2) is 13.1 Å². The van der Waals surface area contributed by atoms with Gasteiger partial charge in [0.15, 0.2) is 0 Å². The number of sulfonamides is 1. The first-order valence-corrected chi connectivity index (χ1v) is 9.87. The Hall–Kier alpha value is -2.19. The lowest BCUT2D eigenvalue weighted by atomic mass is 10.1. The van der Waals surface area contributed by atoms with Crippen LogP contribution in [0.15, 0.2) is 42.5 Å². The third-order valence-electron chi connectivity index (χ3n) is 3.65. The molecule has 0 aliphatic carbocycles. The number of benzene rings is 1. The Morgan fingerprint density at radius 3 is 2.56 bits per heavy atom. The lowest BCUT2D eigenvalue weighted by Crippen LogP contribution is -2.42. The lowest BCUT2D eigenvalue weighted by molar-refractivity contribution is -0.147. The fraction of sp³-hybridized carbons (Fsp3) is 0.412. The number of nitrogens with one attached hydrogen (secondary N) is 2. The average molecular weight is 366 g/mol. The average Bonchev–Trinajstić information content (AvgIpc) is 2.55. The highest BCUT2D eigenvalue weighted by Gasteiger charge is 2.25. The summed E-state index contributed by atoms with van der Waals surface area (Å²) in [5.74, 6) is -0.813. The predicted octanol–water partition coefficient (Wildman–Crippen LogP) is 1.04. The number of rotatable bonds is 3. The number of cyclic esters (lactones) is 1. The van der Waals surface area contributed by atoms with E-state index in [2.05, 4.69) is 10.0 Å². The maximum Gasteiger partial charge on any atom is 0.324 e. The van der Waals surface area contributed by atoms with E-state index in [0.29, 0.717) is 12.8 Å². The molecule has 8 heteroatoms. The second kappa shape index (κ2) is 8.77. The largest absolute Gasteiger partial charge is 0.462 e. The summed E-state index contributed by atoms with van der Waals surface area (Å²) in [4.78, 5) is 24.3. The minimum Gasteiger partial charge on any atom is -0.462 e. The van der Waals surface area contributed by atoms with E-state index in [-0.39, 0.29) is 18.9 Å².